The molecule has 1 aromatic rings. The van der Waals surface area contributed by atoms with Crippen LogP contribution < -0.4 is 11.3 Å². The van der Waals surface area contributed by atoms with Gasteiger partial charge in [-0.25, -0.2) is 10.3 Å². The minimum Gasteiger partial charge on any atom is -0.294 e. The average Bonchev–Trinajstić information content (AvgIpc) is 2.51. The van der Waals surface area contributed by atoms with Crippen LogP contribution in [0.5, 0.6) is 0 Å². The summed E-state index contributed by atoms with van der Waals surface area (Å²) in [6, 6.07) is 1.81. The molecule has 0 aromatic carbocycles. The molecular formula is C5H8IN4OP. The van der Waals surface area contributed by atoms with Crippen LogP contribution in [0, 0.1) is 0 Å². The highest BCUT2D eigenvalue weighted by molar-refractivity contribution is 14.2. The van der Waals surface area contributed by atoms with Crippen LogP contribution in [0.25, 0.3) is 0 Å². The minimum absolute atomic E-state index is 0.202. The summed E-state index contributed by atoms with van der Waals surface area (Å²) in [7, 11) is 0. The maximum absolute atomic E-state index is 10.9. The number of aromatic nitrogens is 2. The predicted molar refractivity (Wildman–Crippen MR) is 56.0 cm³/mol. The van der Waals surface area contributed by atoms with Crippen LogP contribution in [-0.2, 0) is 11.2 Å². The van der Waals surface area contributed by atoms with Crippen molar-refractivity contribution in [3.63, 3.8) is 0 Å². The van der Waals surface area contributed by atoms with Crippen LogP contribution in [0.1, 0.15) is 5.69 Å². The number of nitrogens with zero attached hydrogens (tertiary/aromatic N) is 2. The van der Waals surface area contributed by atoms with Gasteiger partial charge in [-0.3, -0.25) is 10.2 Å². The van der Waals surface area contributed by atoms with E-state index in [4.69, 9.17) is 5.84 Å². The summed E-state index contributed by atoms with van der Waals surface area (Å²) in [5.74, 6) is 4.75. The summed E-state index contributed by atoms with van der Waals surface area (Å²) in [6.07, 6.45) is 2.46. The molecule has 0 fully saturated rings. The lowest BCUT2D eigenvalue weighted by Crippen LogP contribution is -2.31. The third kappa shape index (κ3) is 2.40. The highest BCUT2D eigenvalue weighted by Gasteiger charge is 2.05. The number of carbonyl (C=O) groups excluding carboxylic acids is 1. The van der Waals surface area contributed by atoms with Gasteiger partial charge in [0, 0.05) is 6.20 Å². The van der Waals surface area contributed by atoms with E-state index in [1.807, 2.05) is 0 Å². The lowest BCUT2D eigenvalue weighted by molar-refractivity contribution is -0.120. The Bertz CT molecular complexity index is 276. The Kier molecular flexibility index (Phi) is 3.90. The van der Waals surface area contributed by atoms with Crippen molar-refractivity contribution in [3.05, 3.63) is 18.0 Å². The fourth-order valence-electron chi connectivity index (χ4n) is 0.756. The van der Waals surface area contributed by atoms with Gasteiger partial charge in [-0.05, 0) is 28.1 Å². The Morgan fingerprint density at radius 2 is 2.67 bits per heavy atom. The summed E-state index contributed by atoms with van der Waals surface area (Å²) in [4.78, 5) is 10.9. The van der Waals surface area contributed by atoms with Crippen molar-refractivity contribution < 1.29 is 4.79 Å². The molecule has 3 N–H and O–H groups in total. The Morgan fingerprint density at radius 3 is 3.25 bits per heavy atom. The molecule has 1 rings (SSSR count). The molecular weight excluding hydrogens is 290 g/mol. The first-order chi connectivity index (χ1) is 5.77. The quantitative estimate of drug-likeness (QED) is 0.275. The van der Waals surface area contributed by atoms with E-state index in [1.165, 1.54) is 0 Å². The zero-order chi connectivity index (χ0) is 8.97. The van der Waals surface area contributed by atoms with Gasteiger partial charge in [0.2, 0.25) is 5.91 Å². The van der Waals surface area contributed by atoms with E-state index in [1.54, 1.807) is 16.7 Å². The van der Waals surface area contributed by atoms with Crippen LogP contribution in [0.3, 0.4) is 0 Å². The van der Waals surface area contributed by atoms with E-state index >= 15 is 0 Å². The number of carbonyl (C=O) groups is 1. The first kappa shape index (κ1) is 9.88. The van der Waals surface area contributed by atoms with Crippen LogP contribution in [-0.4, -0.2) is 15.5 Å². The Morgan fingerprint density at radius 1 is 1.92 bits per heavy atom. The summed E-state index contributed by atoms with van der Waals surface area (Å²) in [6.45, 7) is 0. The van der Waals surface area contributed by atoms with Gasteiger partial charge in [0.25, 0.3) is 0 Å². The number of nitrogens with two attached hydrogens (primary N) is 1. The molecule has 0 saturated carbocycles. The maximum atomic E-state index is 10.9. The van der Waals surface area contributed by atoms with Gasteiger partial charge in [0.1, 0.15) is 0 Å². The third-order valence-corrected chi connectivity index (χ3v) is 3.24. The van der Waals surface area contributed by atoms with Crippen molar-refractivity contribution in [1.29, 1.82) is 0 Å². The van der Waals surface area contributed by atoms with Crippen LogP contribution in [0.4, 0.5) is 0 Å². The molecule has 7 heteroatoms. The van der Waals surface area contributed by atoms with Crippen molar-refractivity contribution in [2.45, 2.75) is 6.42 Å². The smallest absolute Gasteiger partial charge is 0.239 e. The molecule has 0 aliphatic heterocycles. The summed E-state index contributed by atoms with van der Waals surface area (Å²) < 4.78 is 1.77. The van der Waals surface area contributed by atoms with Gasteiger partial charge >= 0.3 is 0 Å². The fourth-order valence-corrected chi connectivity index (χ4v) is 2.43. The molecule has 12 heavy (non-hydrogen) atoms. The zero-order valence-corrected chi connectivity index (χ0v) is 9.28. The second-order valence-electron chi connectivity index (χ2n) is 2.06. The molecule has 0 aliphatic carbocycles. The number of hydrazine groups is 1. The number of hydrogen-bond acceptors (Lipinski definition) is 3. The Hall–Kier alpha value is -0.200. The summed E-state index contributed by atoms with van der Waals surface area (Å²) in [5.41, 5.74) is 2.96. The molecule has 1 heterocycles. The van der Waals surface area contributed by atoms with Crippen molar-refractivity contribution in [1.82, 2.24) is 15.0 Å². The monoisotopic (exact) mass is 298 g/mol. The molecule has 66 valence electrons. The topological polar surface area (TPSA) is 72.9 Å². The molecule has 0 bridgehead atoms. The van der Waals surface area contributed by atoms with Gasteiger partial charge in [-0.15, -0.1) is 0 Å². The third-order valence-electron chi connectivity index (χ3n) is 1.30. The molecule has 0 aliphatic rings. The number of hydrogen-bond donors (Lipinski definition) is 2. The Labute approximate surface area is 84.4 Å². The lowest BCUT2D eigenvalue weighted by Gasteiger charge is -2.01. The van der Waals surface area contributed by atoms with Gasteiger partial charge in [0.05, 0.1) is 18.5 Å². The number of nitrogens with one attached hydrogen (secondary N) is 1. The molecule has 0 saturated heterocycles. The van der Waals surface area contributed by atoms with E-state index in [0.717, 1.165) is 5.69 Å². The van der Waals surface area contributed by atoms with Crippen molar-refractivity contribution in [3.8, 4) is 0 Å². The van der Waals surface area contributed by atoms with Gasteiger partial charge < -0.3 is 0 Å². The van der Waals surface area contributed by atoms with E-state index in [2.05, 4.69) is 32.6 Å². The summed E-state index contributed by atoms with van der Waals surface area (Å²) in [5, 5.41) is 4.02. The molecule has 5 nitrogen and oxygen atoms in total. The summed E-state index contributed by atoms with van der Waals surface area (Å²) >= 11 is 2.20. The van der Waals surface area contributed by atoms with Crippen molar-refractivity contribution in [2.75, 3.05) is 0 Å². The average molecular weight is 298 g/mol. The standard InChI is InChI=1S/C5H8IN4OP/c6-12-10-4(1-2-8-10)3-5(11)9-7/h1-2,12H,3,7H2,(H,9,11). The Balaban J connectivity index is 2.68. The van der Waals surface area contributed by atoms with E-state index in [0.29, 0.717) is 6.37 Å². The van der Waals surface area contributed by atoms with E-state index in [-0.39, 0.29) is 12.3 Å². The second kappa shape index (κ2) is 4.74. The molecule has 1 amide bonds. The predicted octanol–water partition coefficient (Wildman–Crippen LogP) is 0.207. The zero-order valence-electron chi connectivity index (χ0n) is 6.12. The lowest BCUT2D eigenvalue weighted by atomic mass is 10.3. The molecule has 1 unspecified atom stereocenters. The maximum Gasteiger partial charge on any atom is 0.239 e. The highest BCUT2D eigenvalue weighted by atomic mass is 127. The van der Waals surface area contributed by atoms with Gasteiger partial charge in [0.15, 0.2) is 0 Å². The number of rotatable bonds is 3. The fraction of sp³-hybridized carbons (Fsp3) is 0.200. The molecule has 1 atom stereocenters. The van der Waals surface area contributed by atoms with Gasteiger partial charge in [-0.2, -0.15) is 5.10 Å². The first-order valence-electron chi connectivity index (χ1n) is 3.17. The largest absolute Gasteiger partial charge is 0.294 e. The van der Waals surface area contributed by atoms with Crippen LogP contribution in [0.15, 0.2) is 12.3 Å². The number of halogens is 1. The SMILES string of the molecule is NNC(=O)Cc1ccnn1PI. The molecule has 1 aromatic heterocycles. The normalized spacial score (nSPS) is 10.8. The number of amides is 1. The van der Waals surface area contributed by atoms with Crippen molar-refractivity contribution >= 4 is 34.3 Å². The molecule has 0 spiro atoms. The van der Waals surface area contributed by atoms with E-state index in [9.17, 15) is 4.79 Å². The minimum atomic E-state index is -0.202. The molecule has 0 radical (unpaired) electrons. The van der Waals surface area contributed by atoms with Crippen LogP contribution >= 0.6 is 28.4 Å². The van der Waals surface area contributed by atoms with Crippen molar-refractivity contribution in [2.24, 2.45) is 5.84 Å². The highest BCUT2D eigenvalue weighted by Crippen LogP contribution is 2.24. The van der Waals surface area contributed by atoms with E-state index < -0.39 is 0 Å². The second-order valence-corrected chi connectivity index (χ2v) is 4.10. The first-order valence-corrected chi connectivity index (χ1v) is 7.23. The van der Waals surface area contributed by atoms with Crippen LogP contribution in [0.2, 0.25) is 0 Å². The van der Waals surface area contributed by atoms with Gasteiger partial charge in [-0.1, -0.05) is 0 Å².